The number of hydrogen-bond donors (Lipinski definition) is 1. The van der Waals surface area contributed by atoms with Crippen LogP contribution in [-0.2, 0) is 0 Å². The van der Waals surface area contributed by atoms with E-state index < -0.39 is 0 Å². The van der Waals surface area contributed by atoms with Crippen LogP contribution in [0.2, 0.25) is 0 Å². The fraction of sp³-hybridized carbons (Fsp3) is 0.500. The molecule has 0 saturated heterocycles. The van der Waals surface area contributed by atoms with Crippen LogP contribution in [0, 0.1) is 0 Å². The van der Waals surface area contributed by atoms with Crippen molar-refractivity contribution >= 4 is 0 Å². The standard InChI is InChI=1S/C4H9NO/c1-5(2)3-4-6/h3-4,6H,1-2H3/b4-3+. The summed E-state index contributed by atoms with van der Waals surface area (Å²) in [6.45, 7) is 0. The second kappa shape index (κ2) is 2.57. The van der Waals surface area contributed by atoms with E-state index in [4.69, 9.17) is 5.11 Å². The maximum absolute atomic E-state index is 8.01. The second-order valence-corrected chi connectivity index (χ2v) is 1.26. The average molecular weight is 87.1 g/mol. The molecule has 1 N–H and O–H groups in total. The predicted octanol–water partition coefficient (Wildman–Crippen LogP) is 0.577. The van der Waals surface area contributed by atoms with E-state index in [0.29, 0.717) is 0 Å². The Balaban J connectivity index is 3.03. The van der Waals surface area contributed by atoms with Gasteiger partial charge in [0.05, 0.1) is 6.26 Å². The smallest absolute Gasteiger partial charge is 0.0950 e. The van der Waals surface area contributed by atoms with Gasteiger partial charge in [-0.25, -0.2) is 0 Å². The quantitative estimate of drug-likeness (QED) is 0.473. The van der Waals surface area contributed by atoms with Crippen LogP contribution < -0.4 is 0 Å². The molecule has 0 amide bonds. The van der Waals surface area contributed by atoms with Gasteiger partial charge in [0.15, 0.2) is 0 Å². The zero-order chi connectivity index (χ0) is 4.99. The lowest BCUT2D eigenvalue weighted by molar-refractivity contribution is 0.446. The van der Waals surface area contributed by atoms with E-state index in [9.17, 15) is 0 Å². The minimum absolute atomic E-state index is 1.00. The summed E-state index contributed by atoms with van der Waals surface area (Å²) in [7, 11) is 3.68. The van der Waals surface area contributed by atoms with Gasteiger partial charge in [-0.15, -0.1) is 0 Å². The van der Waals surface area contributed by atoms with Gasteiger partial charge in [0.2, 0.25) is 0 Å². The minimum atomic E-state index is 1.00. The van der Waals surface area contributed by atoms with Gasteiger partial charge in [0.1, 0.15) is 0 Å². The van der Waals surface area contributed by atoms with Crippen LogP contribution in [0.25, 0.3) is 0 Å². The lowest BCUT2D eigenvalue weighted by Gasteiger charge is -1.99. The summed E-state index contributed by atoms with van der Waals surface area (Å²) in [6, 6.07) is 0. The van der Waals surface area contributed by atoms with Crippen molar-refractivity contribution in [1.29, 1.82) is 0 Å². The summed E-state index contributed by atoms with van der Waals surface area (Å²) in [5, 5.41) is 8.01. The van der Waals surface area contributed by atoms with Gasteiger partial charge in [-0.1, -0.05) is 0 Å². The third-order valence-corrected chi connectivity index (χ3v) is 0.365. The van der Waals surface area contributed by atoms with Gasteiger partial charge in [-0.05, 0) is 0 Å². The lowest BCUT2D eigenvalue weighted by atomic mass is 10.8. The van der Waals surface area contributed by atoms with E-state index in [2.05, 4.69) is 0 Å². The van der Waals surface area contributed by atoms with Crippen molar-refractivity contribution in [3.63, 3.8) is 0 Å². The van der Waals surface area contributed by atoms with Crippen LogP contribution in [-0.4, -0.2) is 24.1 Å². The second-order valence-electron chi connectivity index (χ2n) is 1.26. The van der Waals surface area contributed by atoms with Gasteiger partial charge >= 0.3 is 0 Å². The number of aliphatic hydroxyl groups is 1. The Labute approximate surface area is 37.7 Å². The van der Waals surface area contributed by atoms with Gasteiger partial charge in [0.25, 0.3) is 0 Å². The topological polar surface area (TPSA) is 23.5 Å². The first kappa shape index (κ1) is 5.34. The summed E-state index contributed by atoms with van der Waals surface area (Å²) in [6.07, 6.45) is 2.56. The Morgan fingerprint density at radius 2 is 2.00 bits per heavy atom. The van der Waals surface area contributed by atoms with Crippen molar-refractivity contribution in [3.8, 4) is 0 Å². The highest BCUT2D eigenvalue weighted by atomic mass is 16.2. The molecule has 0 aliphatic rings. The fourth-order valence-electron chi connectivity index (χ4n) is 0.133. The molecular weight excluding hydrogens is 78.0 g/mol. The maximum Gasteiger partial charge on any atom is 0.0950 e. The van der Waals surface area contributed by atoms with E-state index >= 15 is 0 Å². The SMILES string of the molecule is CN(C)/C=C/O. The zero-order valence-corrected chi connectivity index (χ0v) is 4.05. The zero-order valence-electron chi connectivity index (χ0n) is 4.05. The number of nitrogens with zero attached hydrogens (tertiary/aromatic N) is 1. The Kier molecular flexibility index (Phi) is 2.29. The Morgan fingerprint density at radius 1 is 1.50 bits per heavy atom. The van der Waals surface area contributed by atoms with E-state index in [0.717, 1.165) is 6.26 Å². The third-order valence-electron chi connectivity index (χ3n) is 0.365. The van der Waals surface area contributed by atoms with E-state index in [1.165, 1.54) is 0 Å². The summed E-state index contributed by atoms with van der Waals surface area (Å²) >= 11 is 0. The first-order valence-electron chi connectivity index (χ1n) is 1.74. The molecule has 6 heavy (non-hydrogen) atoms. The van der Waals surface area contributed by atoms with Crippen molar-refractivity contribution in [3.05, 3.63) is 12.5 Å². The van der Waals surface area contributed by atoms with E-state index in [1.807, 2.05) is 14.1 Å². The highest BCUT2D eigenvalue weighted by Crippen LogP contribution is 1.69. The predicted molar refractivity (Wildman–Crippen MR) is 25.5 cm³/mol. The van der Waals surface area contributed by atoms with Crippen molar-refractivity contribution in [2.45, 2.75) is 0 Å². The molecule has 0 spiro atoms. The molecule has 0 aromatic rings. The van der Waals surface area contributed by atoms with Crippen molar-refractivity contribution in [2.24, 2.45) is 0 Å². The molecule has 0 bridgehead atoms. The van der Waals surface area contributed by atoms with Crippen LogP contribution in [0.3, 0.4) is 0 Å². The Bertz CT molecular complexity index is 49.5. The average Bonchev–Trinajstić information content (AvgIpc) is 1.35. The van der Waals surface area contributed by atoms with E-state index in [1.54, 1.807) is 11.1 Å². The summed E-state index contributed by atoms with van der Waals surface area (Å²) in [5.41, 5.74) is 0. The van der Waals surface area contributed by atoms with E-state index in [-0.39, 0.29) is 0 Å². The molecule has 0 aromatic heterocycles. The van der Waals surface area contributed by atoms with Gasteiger partial charge in [-0.3, -0.25) is 0 Å². The largest absolute Gasteiger partial charge is 0.514 e. The van der Waals surface area contributed by atoms with Gasteiger partial charge in [0, 0.05) is 20.3 Å². The first-order valence-corrected chi connectivity index (χ1v) is 1.74. The molecule has 0 unspecified atom stereocenters. The molecule has 0 fully saturated rings. The molecule has 0 radical (unpaired) electrons. The summed E-state index contributed by atoms with van der Waals surface area (Å²) < 4.78 is 0. The lowest BCUT2D eigenvalue weighted by Crippen LogP contribution is -1.99. The molecule has 0 aliphatic heterocycles. The van der Waals surface area contributed by atoms with Crippen LogP contribution in [0.4, 0.5) is 0 Å². The molecular formula is C4H9NO. The number of aliphatic hydroxyl groups excluding tert-OH is 1. The molecule has 0 heterocycles. The Hall–Kier alpha value is -0.660. The molecule has 0 saturated carbocycles. The number of rotatable bonds is 1. The van der Waals surface area contributed by atoms with Gasteiger partial charge < -0.3 is 10.0 Å². The van der Waals surface area contributed by atoms with Crippen molar-refractivity contribution in [1.82, 2.24) is 4.90 Å². The van der Waals surface area contributed by atoms with Crippen LogP contribution in [0.15, 0.2) is 12.5 Å². The minimum Gasteiger partial charge on any atom is -0.514 e. The highest BCUT2D eigenvalue weighted by Gasteiger charge is 1.67. The Morgan fingerprint density at radius 3 is 2.00 bits per heavy atom. The molecule has 0 aromatic carbocycles. The summed E-state index contributed by atoms with van der Waals surface area (Å²) in [5.74, 6) is 0. The molecule has 2 heteroatoms. The third kappa shape index (κ3) is 3.34. The summed E-state index contributed by atoms with van der Waals surface area (Å²) in [4.78, 5) is 1.75. The highest BCUT2D eigenvalue weighted by molar-refractivity contribution is 4.65. The molecule has 2 nitrogen and oxygen atoms in total. The molecule has 0 atom stereocenters. The van der Waals surface area contributed by atoms with Crippen LogP contribution in [0.1, 0.15) is 0 Å². The monoisotopic (exact) mass is 87.1 g/mol. The van der Waals surface area contributed by atoms with Crippen LogP contribution >= 0.6 is 0 Å². The van der Waals surface area contributed by atoms with Crippen molar-refractivity contribution in [2.75, 3.05) is 14.1 Å². The fourth-order valence-corrected chi connectivity index (χ4v) is 0.133. The number of hydrogen-bond acceptors (Lipinski definition) is 2. The van der Waals surface area contributed by atoms with Crippen molar-refractivity contribution < 1.29 is 5.11 Å². The normalized spacial score (nSPS) is 9.67. The first-order chi connectivity index (χ1) is 2.77. The molecule has 0 rings (SSSR count). The van der Waals surface area contributed by atoms with Gasteiger partial charge in [-0.2, -0.15) is 0 Å². The van der Waals surface area contributed by atoms with Crippen LogP contribution in [0.5, 0.6) is 0 Å². The maximum atomic E-state index is 8.01. The molecule has 0 aliphatic carbocycles. The molecule has 36 valence electrons.